The molecule has 1 rings (SSSR count). The summed E-state index contributed by atoms with van der Waals surface area (Å²) in [7, 11) is 1.91. The average molecular weight is 277 g/mol. The number of anilines is 1. The van der Waals surface area contributed by atoms with E-state index in [1.807, 2.05) is 18.9 Å². The van der Waals surface area contributed by atoms with E-state index in [1.54, 1.807) is 0 Å². The van der Waals surface area contributed by atoms with Gasteiger partial charge in [-0.05, 0) is 6.92 Å². The molecular weight excluding hydrogens is 262 g/mol. The molecule has 17 heavy (non-hydrogen) atoms. The van der Waals surface area contributed by atoms with Crippen LogP contribution in [0.15, 0.2) is 4.34 Å². The summed E-state index contributed by atoms with van der Waals surface area (Å²) >= 11 is 2.57. The van der Waals surface area contributed by atoms with E-state index in [9.17, 15) is 4.79 Å². The highest BCUT2D eigenvalue weighted by Crippen LogP contribution is 2.26. The Hall–Kier alpha value is -0.860. The van der Waals surface area contributed by atoms with Crippen molar-refractivity contribution in [1.82, 2.24) is 10.2 Å². The summed E-state index contributed by atoms with van der Waals surface area (Å²) in [4.78, 5) is 12.3. The Bertz CT molecular complexity index is 359. The molecule has 96 valence electrons. The van der Waals surface area contributed by atoms with Crippen LogP contribution in [0.3, 0.4) is 0 Å². The van der Waals surface area contributed by atoms with Gasteiger partial charge in [0.25, 0.3) is 0 Å². The lowest BCUT2D eigenvalue weighted by Crippen LogP contribution is -2.22. The molecule has 0 aliphatic heterocycles. The first-order valence-electron chi connectivity index (χ1n) is 5.10. The highest BCUT2D eigenvalue weighted by molar-refractivity contribution is 8.01. The zero-order valence-corrected chi connectivity index (χ0v) is 11.4. The average Bonchev–Trinajstić information content (AvgIpc) is 2.75. The van der Waals surface area contributed by atoms with Gasteiger partial charge in [0.15, 0.2) is 4.34 Å². The zero-order valence-electron chi connectivity index (χ0n) is 9.75. The van der Waals surface area contributed by atoms with Gasteiger partial charge in [-0.15, -0.1) is 10.2 Å². The second-order valence-electron chi connectivity index (χ2n) is 3.15. The Labute approximate surface area is 108 Å². The topological polar surface area (TPSA) is 75.5 Å². The highest BCUT2D eigenvalue weighted by Gasteiger charge is 2.10. The molecule has 0 unspecified atom stereocenters. The Kier molecular flexibility index (Phi) is 6.23. The molecule has 8 heteroatoms. The quantitative estimate of drug-likeness (QED) is 0.565. The van der Waals surface area contributed by atoms with Crippen molar-refractivity contribution in [1.29, 1.82) is 0 Å². The molecule has 0 aliphatic rings. The van der Waals surface area contributed by atoms with Gasteiger partial charge in [0.1, 0.15) is 0 Å². The molecule has 0 fully saturated rings. The van der Waals surface area contributed by atoms with Crippen LogP contribution in [0.1, 0.15) is 6.92 Å². The monoisotopic (exact) mass is 277 g/mol. The summed E-state index contributed by atoms with van der Waals surface area (Å²) < 4.78 is 5.92. The number of rotatable bonds is 8. The number of thioether (sulfide) groups is 1. The van der Waals surface area contributed by atoms with Gasteiger partial charge in [-0.1, -0.05) is 23.1 Å². The number of likely N-dealkylation sites (N-methyl/N-ethyl adjacent to an activating group) is 1. The second-order valence-corrected chi connectivity index (χ2v) is 5.33. The number of carbonyl (C=O) groups is 1. The normalized spacial score (nSPS) is 10.5. The largest absolute Gasteiger partial charge is 0.481 e. The van der Waals surface area contributed by atoms with E-state index in [4.69, 9.17) is 9.84 Å². The fourth-order valence-corrected chi connectivity index (χ4v) is 2.53. The third kappa shape index (κ3) is 5.33. The molecule has 0 radical (unpaired) electrons. The molecule has 0 aromatic carbocycles. The maximum atomic E-state index is 10.4. The first-order valence-corrected chi connectivity index (χ1v) is 6.90. The van der Waals surface area contributed by atoms with Crippen LogP contribution in [0.2, 0.25) is 0 Å². The van der Waals surface area contributed by atoms with Crippen molar-refractivity contribution in [3.8, 4) is 0 Å². The van der Waals surface area contributed by atoms with E-state index in [-0.39, 0.29) is 5.75 Å². The number of ether oxygens (including phenoxy) is 1. The van der Waals surface area contributed by atoms with Gasteiger partial charge < -0.3 is 14.7 Å². The van der Waals surface area contributed by atoms with Crippen LogP contribution in [0.5, 0.6) is 0 Å². The summed E-state index contributed by atoms with van der Waals surface area (Å²) in [6.07, 6.45) is 0. The fraction of sp³-hybridized carbons (Fsp3) is 0.667. The number of nitrogens with zero attached hydrogens (tertiary/aromatic N) is 3. The van der Waals surface area contributed by atoms with Gasteiger partial charge >= 0.3 is 5.97 Å². The lowest BCUT2D eigenvalue weighted by atomic mass is 10.6. The molecule has 6 nitrogen and oxygen atoms in total. The fourth-order valence-electron chi connectivity index (χ4n) is 0.980. The van der Waals surface area contributed by atoms with Crippen LogP contribution in [0.4, 0.5) is 5.13 Å². The lowest BCUT2D eigenvalue weighted by Gasteiger charge is -2.14. The molecule has 1 aromatic heterocycles. The minimum atomic E-state index is -0.851. The summed E-state index contributed by atoms with van der Waals surface area (Å²) in [5.74, 6) is -0.839. The first kappa shape index (κ1) is 14.2. The molecule has 0 bridgehead atoms. The van der Waals surface area contributed by atoms with Crippen molar-refractivity contribution >= 4 is 34.2 Å². The van der Waals surface area contributed by atoms with Crippen molar-refractivity contribution < 1.29 is 14.6 Å². The molecule has 0 aliphatic carbocycles. The van der Waals surface area contributed by atoms with Crippen molar-refractivity contribution in [3.63, 3.8) is 0 Å². The molecule has 1 heterocycles. The van der Waals surface area contributed by atoms with Gasteiger partial charge in [0.2, 0.25) is 5.13 Å². The van der Waals surface area contributed by atoms with Gasteiger partial charge in [-0.3, -0.25) is 4.79 Å². The van der Waals surface area contributed by atoms with Gasteiger partial charge in [-0.25, -0.2) is 0 Å². The maximum Gasteiger partial charge on any atom is 0.313 e. The molecule has 0 saturated carbocycles. The lowest BCUT2D eigenvalue weighted by molar-refractivity contribution is -0.133. The Morgan fingerprint density at radius 1 is 1.59 bits per heavy atom. The molecular formula is C9H15N3O3S2. The first-order chi connectivity index (χ1) is 8.13. The number of aliphatic carboxylic acids is 1. The number of hydrogen-bond acceptors (Lipinski definition) is 7. The smallest absolute Gasteiger partial charge is 0.313 e. The van der Waals surface area contributed by atoms with Crippen LogP contribution in [0, 0.1) is 0 Å². The zero-order chi connectivity index (χ0) is 12.7. The Balaban J connectivity index is 2.40. The van der Waals surface area contributed by atoms with Gasteiger partial charge in [0, 0.05) is 20.2 Å². The van der Waals surface area contributed by atoms with Crippen molar-refractivity contribution in [3.05, 3.63) is 0 Å². The van der Waals surface area contributed by atoms with Crippen molar-refractivity contribution in [2.75, 3.05) is 37.5 Å². The predicted octanol–water partition coefficient (Wildman–Crippen LogP) is 1.19. The maximum absolute atomic E-state index is 10.4. The summed E-state index contributed by atoms with van der Waals surface area (Å²) in [5.41, 5.74) is 0. The molecule has 0 atom stereocenters. The standard InChI is InChI=1S/C9H15N3O3S2/c1-3-15-5-4-12(2)8-10-11-9(17-8)16-6-7(13)14/h3-6H2,1-2H3,(H,13,14). The van der Waals surface area contributed by atoms with Crippen LogP contribution < -0.4 is 4.90 Å². The van der Waals surface area contributed by atoms with Gasteiger partial charge in [-0.2, -0.15) is 0 Å². The van der Waals surface area contributed by atoms with Crippen LogP contribution in [0.25, 0.3) is 0 Å². The summed E-state index contributed by atoms with van der Waals surface area (Å²) in [6.45, 7) is 4.03. The van der Waals surface area contributed by atoms with E-state index >= 15 is 0 Å². The summed E-state index contributed by atoms with van der Waals surface area (Å²) in [6, 6.07) is 0. The van der Waals surface area contributed by atoms with Crippen molar-refractivity contribution in [2.45, 2.75) is 11.3 Å². The van der Waals surface area contributed by atoms with Gasteiger partial charge in [0.05, 0.1) is 12.4 Å². The van der Waals surface area contributed by atoms with Crippen LogP contribution >= 0.6 is 23.1 Å². The summed E-state index contributed by atoms with van der Waals surface area (Å²) in [5, 5.41) is 17.2. The van der Waals surface area contributed by atoms with Crippen molar-refractivity contribution in [2.24, 2.45) is 0 Å². The number of aromatic nitrogens is 2. The van der Waals surface area contributed by atoms with E-state index in [0.717, 1.165) is 11.7 Å². The number of hydrogen-bond donors (Lipinski definition) is 1. The van der Waals surface area contributed by atoms with E-state index < -0.39 is 5.97 Å². The second kappa shape index (κ2) is 7.46. The predicted molar refractivity (Wildman–Crippen MR) is 68.0 cm³/mol. The SMILES string of the molecule is CCOCCN(C)c1nnc(SCC(=O)O)s1. The van der Waals surface area contributed by atoms with E-state index in [1.165, 1.54) is 23.1 Å². The molecule has 0 amide bonds. The Morgan fingerprint density at radius 2 is 2.35 bits per heavy atom. The number of carboxylic acids is 1. The number of carboxylic acid groups (broad SMARTS) is 1. The minimum Gasteiger partial charge on any atom is -0.481 e. The third-order valence-electron chi connectivity index (χ3n) is 1.82. The van der Waals surface area contributed by atoms with Crippen LogP contribution in [-0.4, -0.2) is 53.8 Å². The van der Waals surface area contributed by atoms with E-state index in [2.05, 4.69) is 10.2 Å². The van der Waals surface area contributed by atoms with E-state index in [0.29, 0.717) is 17.6 Å². The highest BCUT2D eigenvalue weighted by atomic mass is 32.2. The Morgan fingerprint density at radius 3 is 3.00 bits per heavy atom. The van der Waals surface area contributed by atoms with Crippen LogP contribution in [-0.2, 0) is 9.53 Å². The minimum absolute atomic E-state index is 0.0112. The molecule has 1 N–H and O–H groups in total. The third-order valence-corrected chi connectivity index (χ3v) is 3.97. The molecule has 0 saturated heterocycles. The molecule has 0 spiro atoms. The molecule has 1 aromatic rings.